The Morgan fingerprint density at radius 1 is 1.12 bits per heavy atom. The summed E-state index contributed by atoms with van der Waals surface area (Å²) in [6, 6.07) is 10.9. The van der Waals surface area contributed by atoms with E-state index in [0.29, 0.717) is 10.7 Å². The van der Waals surface area contributed by atoms with Crippen molar-refractivity contribution in [2.45, 2.75) is 6.92 Å². The average molecular weight is 471 g/mol. The number of rotatable bonds is 3. The first kappa shape index (κ1) is 21.7. The predicted molar refractivity (Wildman–Crippen MR) is 120 cm³/mol. The van der Waals surface area contributed by atoms with E-state index in [-0.39, 0.29) is 44.8 Å². The largest absolute Gasteiger partial charge is 0.462 e. The highest BCUT2D eigenvalue weighted by molar-refractivity contribution is 6.35. The number of carbonyl (C=O) groups is 2. The molecule has 0 bridgehead atoms. The summed E-state index contributed by atoms with van der Waals surface area (Å²) in [6.45, 7) is 1.75. The topological polar surface area (TPSA) is 95.0 Å². The van der Waals surface area contributed by atoms with Crippen LogP contribution in [0.1, 0.15) is 27.6 Å². The minimum absolute atomic E-state index is 0.0239. The lowest BCUT2D eigenvalue weighted by molar-refractivity contribution is 0.0523. The molecule has 4 rings (SSSR count). The van der Waals surface area contributed by atoms with Gasteiger partial charge in [-0.2, -0.15) is 4.99 Å². The Hall–Kier alpha value is -3.49. The molecule has 1 aromatic carbocycles. The normalized spacial score (nSPS) is 11.8. The molecule has 4 aromatic rings. The number of ether oxygens (including phenoxy) is 1. The van der Waals surface area contributed by atoms with Crippen molar-refractivity contribution in [1.82, 2.24) is 14.0 Å². The summed E-state index contributed by atoms with van der Waals surface area (Å²) in [5, 5.41) is 0.640. The van der Waals surface area contributed by atoms with Gasteiger partial charge in [-0.05, 0) is 43.3 Å². The predicted octanol–water partition coefficient (Wildman–Crippen LogP) is 3.41. The summed E-state index contributed by atoms with van der Waals surface area (Å²) in [7, 11) is 1.56. The zero-order chi connectivity index (χ0) is 23.0. The van der Waals surface area contributed by atoms with Crippen molar-refractivity contribution in [2.24, 2.45) is 12.0 Å². The summed E-state index contributed by atoms with van der Waals surface area (Å²) in [4.78, 5) is 47.3. The van der Waals surface area contributed by atoms with Crippen LogP contribution in [0.25, 0.3) is 16.7 Å². The molecular formula is C22H16Cl2N4O4. The quantitative estimate of drug-likeness (QED) is 0.337. The van der Waals surface area contributed by atoms with Gasteiger partial charge < -0.3 is 9.30 Å². The van der Waals surface area contributed by atoms with Gasteiger partial charge in [0, 0.05) is 18.3 Å². The van der Waals surface area contributed by atoms with Gasteiger partial charge in [-0.15, -0.1) is 0 Å². The third kappa shape index (κ3) is 3.79. The van der Waals surface area contributed by atoms with Gasteiger partial charge in [-0.25, -0.2) is 9.78 Å². The van der Waals surface area contributed by atoms with Gasteiger partial charge >= 0.3 is 5.97 Å². The number of amides is 1. The highest BCUT2D eigenvalue weighted by atomic mass is 35.5. The van der Waals surface area contributed by atoms with Crippen molar-refractivity contribution in [3.63, 3.8) is 0 Å². The van der Waals surface area contributed by atoms with Crippen molar-refractivity contribution < 1.29 is 14.3 Å². The monoisotopic (exact) mass is 470 g/mol. The molecule has 0 aliphatic heterocycles. The molecule has 8 nitrogen and oxygen atoms in total. The highest BCUT2D eigenvalue weighted by Gasteiger charge is 2.19. The van der Waals surface area contributed by atoms with Crippen LogP contribution in [0.15, 0.2) is 58.4 Å². The summed E-state index contributed by atoms with van der Waals surface area (Å²) < 4.78 is 7.91. The maximum absolute atomic E-state index is 13.0. The maximum atomic E-state index is 13.0. The third-order valence-corrected chi connectivity index (χ3v) is 5.34. The Kier molecular flexibility index (Phi) is 5.82. The van der Waals surface area contributed by atoms with Gasteiger partial charge in [0.15, 0.2) is 5.49 Å². The number of halogens is 2. The Bertz CT molecular complexity index is 1540. The third-order valence-electron chi connectivity index (χ3n) is 4.78. The first-order valence-electron chi connectivity index (χ1n) is 9.54. The summed E-state index contributed by atoms with van der Waals surface area (Å²) in [5.74, 6) is -1.44. The molecule has 3 aromatic heterocycles. The van der Waals surface area contributed by atoms with E-state index in [1.54, 1.807) is 44.4 Å². The second kappa shape index (κ2) is 8.57. The number of carbonyl (C=O) groups excluding carboxylic acids is 2. The van der Waals surface area contributed by atoms with E-state index in [9.17, 15) is 14.4 Å². The van der Waals surface area contributed by atoms with E-state index >= 15 is 0 Å². The number of fused-ring (bicyclic) bond motifs is 2. The van der Waals surface area contributed by atoms with E-state index in [2.05, 4.69) is 9.98 Å². The SMILES string of the molecule is CCOC(=O)c1cc2c(=O)n3ccccc3nc2n(C)c1=NC(=O)c1cc(Cl)ccc1Cl. The lowest BCUT2D eigenvalue weighted by Gasteiger charge is -2.11. The van der Waals surface area contributed by atoms with Gasteiger partial charge in [0.25, 0.3) is 11.5 Å². The average Bonchev–Trinajstić information content (AvgIpc) is 2.78. The van der Waals surface area contributed by atoms with Crippen molar-refractivity contribution in [2.75, 3.05) is 6.61 Å². The van der Waals surface area contributed by atoms with E-state index in [0.717, 1.165) is 0 Å². The van der Waals surface area contributed by atoms with Crippen molar-refractivity contribution >= 4 is 51.8 Å². The molecule has 0 N–H and O–H groups in total. The molecule has 0 atom stereocenters. The summed E-state index contributed by atoms with van der Waals surface area (Å²) in [5.41, 5.74) is 0.271. The second-order valence-corrected chi connectivity index (χ2v) is 7.63. The van der Waals surface area contributed by atoms with Gasteiger partial charge in [0.2, 0.25) is 0 Å². The van der Waals surface area contributed by atoms with E-state index < -0.39 is 11.9 Å². The Morgan fingerprint density at radius 3 is 2.66 bits per heavy atom. The first-order valence-corrected chi connectivity index (χ1v) is 10.3. The molecule has 0 fully saturated rings. The molecule has 0 aliphatic carbocycles. The Morgan fingerprint density at radius 2 is 1.91 bits per heavy atom. The van der Waals surface area contributed by atoms with Crippen LogP contribution in [-0.4, -0.2) is 32.4 Å². The number of esters is 1. The second-order valence-electron chi connectivity index (χ2n) is 6.79. The lowest BCUT2D eigenvalue weighted by atomic mass is 10.2. The van der Waals surface area contributed by atoms with Crippen molar-refractivity contribution in [3.05, 3.63) is 85.7 Å². The Balaban J connectivity index is 2.08. The number of aromatic nitrogens is 3. The van der Waals surface area contributed by atoms with Crippen molar-refractivity contribution in [3.8, 4) is 0 Å². The molecule has 0 saturated carbocycles. The molecule has 0 radical (unpaired) electrons. The molecule has 0 unspecified atom stereocenters. The maximum Gasteiger partial charge on any atom is 0.341 e. The molecule has 32 heavy (non-hydrogen) atoms. The summed E-state index contributed by atoms with van der Waals surface area (Å²) >= 11 is 12.1. The van der Waals surface area contributed by atoms with Crippen LogP contribution in [0, 0.1) is 0 Å². The molecule has 0 spiro atoms. The van der Waals surface area contributed by atoms with Gasteiger partial charge in [0.05, 0.1) is 22.6 Å². The molecule has 10 heteroatoms. The zero-order valence-corrected chi connectivity index (χ0v) is 18.5. The van der Waals surface area contributed by atoms with Gasteiger partial charge in [-0.1, -0.05) is 29.3 Å². The standard InChI is InChI=1S/C22H16Cl2N4O4/c1-3-32-22(31)15-11-14-18(25-17-6-4-5-9-28(17)21(14)30)27(2)19(15)26-20(29)13-10-12(23)7-8-16(13)24/h4-11H,3H2,1-2H3. The number of benzene rings is 1. The molecule has 162 valence electrons. The molecule has 0 aliphatic rings. The van der Waals surface area contributed by atoms with Gasteiger partial charge in [-0.3, -0.25) is 14.0 Å². The fourth-order valence-electron chi connectivity index (χ4n) is 3.27. The highest BCUT2D eigenvalue weighted by Crippen LogP contribution is 2.21. The van der Waals surface area contributed by atoms with Crippen LogP contribution in [0.2, 0.25) is 10.0 Å². The molecule has 1 amide bonds. The van der Waals surface area contributed by atoms with Crippen LogP contribution in [0.4, 0.5) is 0 Å². The van der Waals surface area contributed by atoms with E-state index in [1.807, 2.05) is 0 Å². The van der Waals surface area contributed by atoms with Gasteiger partial charge in [0.1, 0.15) is 16.9 Å². The molecular weight excluding hydrogens is 455 g/mol. The lowest BCUT2D eigenvalue weighted by Crippen LogP contribution is -2.31. The van der Waals surface area contributed by atoms with E-state index in [4.69, 9.17) is 27.9 Å². The number of aryl methyl sites for hydroxylation is 1. The fraction of sp³-hybridized carbons (Fsp3) is 0.136. The van der Waals surface area contributed by atoms with Crippen LogP contribution in [0.5, 0.6) is 0 Å². The zero-order valence-electron chi connectivity index (χ0n) is 17.0. The minimum Gasteiger partial charge on any atom is -0.462 e. The van der Waals surface area contributed by atoms with Crippen LogP contribution >= 0.6 is 23.2 Å². The molecule has 0 saturated heterocycles. The molecule has 3 heterocycles. The minimum atomic E-state index is -0.730. The van der Waals surface area contributed by atoms with Crippen LogP contribution < -0.4 is 11.0 Å². The number of hydrogen-bond acceptors (Lipinski definition) is 5. The van der Waals surface area contributed by atoms with Crippen LogP contribution in [0.3, 0.4) is 0 Å². The summed E-state index contributed by atoms with van der Waals surface area (Å²) in [6.07, 6.45) is 1.58. The number of hydrogen-bond donors (Lipinski definition) is 0. The number of nitrogens with zero attached hydrogens (tertiary/aromatic N) is 4. The van der Waals surface area contributed by atoms with Crippen molar-refractivity contribution in [1.29, 1.82) is 0 Å². The van der Waals surface area contributed by atoms with Crippen LogP contribution in [-0.2, 0) is 11.8 Å². The van der Waals surface area contributed by atoms with E-state index in [1.165, 1.54) is 27.2 Å². The Labute approximate surface area is 191 Å². The number of pyridine rings is 2. The fourth-order valence-corrected chi connectivity index (χ4v) is 3.65. The smallest absolute Gasteiger partial charge is 0.341 e. The first-order chi connectivity index (χ1) is 15.3.